The van der Waals surface area contributed by atoms with Gasteiger partial charge in [-0.05, 0) is 39.7 Å². The first-order valence-corrected chi connectivity index (χ1v) is 8.96. The predicted molar refractivity (Wildman–Crippen MR) is 89.3 cm³/mol. The second kappa shape index (κ2) is 6.67. The highest BCUT2D eigenvalue weighted by Gasteiger charge is 2.23. The van der Waals surface area contributed by atoms with Crippen LogP contribution in [-0.4, -0.2) is 19.8 Å². The summed E-state index contributed by atoms with van der Waals surface area (Å²) in [6.07, 6.45) is 0. The van der Waals surface area contributed by atoms with E-state index in [0.717, 1.165) is 0 Å². The summed E-state index contributed by atoms with van der Waals surface area (Å²) in [7, 11) is -2.11. The number of rotatable bonds is 4. The van der Waals surface area contributed by atoms with Crippen molar-refractivity contribution in [3.63, 3.8) is 0 Å². The minimum absolute atomic E-state index is 0.142. The van der Waals surface area contributed by atoms with Gasteiger partial charge in [0, 0.05) is 18.1 Å². The van der Waals surface area contributed by atoms with Gasteiger partial charge in [-0.3, -0.25) is 0 Å². The maximum Gasteiger partial charge on any atom is 0.244 e. The number of hydrogen-bond donors (Lipinski definition) is 0. The second-order valence-electron chi connectivity index (χ2n) is 4.40. The lowest BCUT2D eigenvalue weighted by molar-refractivity contribution is 0.466. The summed E-state index contributed by atoms with van der Waals surface area (Å²) in [5.41, 5.74) is 0.655. The summed E-state index contributed by atoms with van der Waals surface area (Å²) in [5.74, 6) is 0. The van der Waals surface area contributed by atoms with Gasteiger partial charge in [-0.2, -0.15) is 4.31 Å². The van der Waals surface area contributed by atoms with E-state index in [0.29, 0.717) is 20.1 Å². The first kappa shape index (κ1) is 16.8. The van der Waals surface area contributed by atoms with Crippen molar-refractivity contribution < 1.29 is 8.42 Å². The fraction of sp³-hybridized carbons (Fsp3) is 0.143. The van der Waals surface area contributed by atoms with Gasteiger partial charge in [0.1, 0.15) is 0 Å². The monoisotopic (exact) mass is 407 g/mol. The summed E-state index contributed by atoms with van der Waals surface area (Å²) >= 11 is 15.3. The van der Waals surface area contributed by atoms with Gasteiger partial charge in [-0.25, -0.2) is 8.42 Å². The van der Waals surface area contributed by atoms with E-state index < -0.39 is 10.0 Å². The van der Waals surface area contributed by atoms with Gasteiger partial charge in [0.2, 0.25) is 10.0 Å². The van der Waals surface area contributed by atoms with Crippen molar-refractivity contribution in [1.29, 1.82) is 0 Å². The molecule has 0 saturated carbocycles. The quantitative estimate of drug-likeness (QED) is 0.742. The molecule has 0 aromatic heterocycles. The van der Waals surface area contributed by atoms with Crippen molar-refractivity contribution in [2.24, 2.45) is 0 Å². The summed E-state index contributed by atoms with van der Waals surface area (Å²) in [6, 6.07) is 11.8. The molecule has 0 unspecified atom stereocenters. The molecule has 0 amide bonds. The van der Waals surface area contributed by atoms with Gasteiger partial charge in [-0.1, -0.05) is 47.5 Å². The van der Waals surface area contributed by atoms with E-state index in [1.807, 2.05) is 0 Å². The van der Waals surface area contributed by atoms with E-state index in [1.54, 1.807) is 42.5 Å². The molecular weight excluding hydrogens is 397 g/mol. The van der Waals surface area contributed by atoms with E-state index in [9.17, 15) is 8.42 Å². The van der Waals surface area contributed by atoms with E-state index in [4.69, 9.17) is 23.2 Å². The molecule has 2 rings (SSSR count). The smallest absolute Gasteiger partial charge is 0.207 e. The Labute approximate surface area is 142 Å². The molecule has 0 spiro atoms. The van der Waals surface area contributed by atoms with E-state index in [-0.39, 0.29) is 11.4 Å². The zero-order valence-electron chi connectivity index (χ0n) is 11.1. The first-order chi connectivity index (χ1) is 9.84. The standard InChI is InChI=1S/C14H12BrCl2NO2S/c1-18(9-10-5-4-7-12(16)14(10)17)21(19,20)13-8-3-2-6-11(13)15/h2-8H,9H2,1H3. The Kier molecular flexibility index (Phi) is 5.33. The molecule has 0 N–H and O–H groups in total. The molecule has 0 saturated heterocycles. The molecule has 2 aromatic carbocycles. The fourth-order valence-corrected chi connectivity index (χ4v) is 4.31. The molecule has 112 valence electrons. The average Bonchev–Trinajstić information content (AvgIpc) is 2.44. The number of sulfonamides is 1. The molecule has 0 aliphatic rings. The van der Waals surface area contributed by atoms with Crippen molar-refractivity contribution >= 4 is 49.2 Å². The maximum absolute atomic E-state index is 12.6. The molecule has 21 heavy (non-hydrogen) atoms. The number of halogens is 3. The van der Waals surface area contributed by atoms with Crippen LogP contribution in [0.1, 0.15) is 5.56 Å². The highest BCUT2D eigenvalue weighted by molar-refractivity contribution is 9.10. The molecule has 0 aliphatic carbocycles. The highest BCUT2D eigenvalue weighted by Crippen LogP contribution is 2.29. The summed E-state index contributed by atoms with van der Waals surface area (Å²) in [5, 5.41) is 0.772. The third-order valence-electron chi connectivity index (χ3n) is 2.95. The van der Waals surface area contributed by atoms with Gasteiger partial charge in [-0.15, -0.1) is 0 Å². The molecule has 0 aliphatic heterocycles. The number of benzene rings is 2. The Bertz CT molecular complexity index is 765. The summed E-state index contributed by atoms with van der Waals surface area (Å²) < 4.78 is 26.9. The first-order valence-electron chi connectivity index (χ1n) is 5.98. The molecule has 0 radical (unpaired) electrons. The van der Waals surface area contributed by atoms with Crippen LogP contribution in [0, 0.1) is 0 Å². The minimum Gasteiger partial charge on any atom is -0.207 e. The van der Waals surface area contributed by atoms with Gasteiger partial charge >= 0.3 is 0 Å². The molecular formula is C14H12BrCl2NO2S. The Morgan fingerprint density at radius 1 is 1.10 bits per heavy atom. The van der Waals surface area contributed by atoms with Gasteiger partial charge < -0.3 is 0 Å². The summed E-state index contributed by atoms with van der Waals surface area (Å²) in [6.45, 7) is 0.142. The van der Waals surface area contributed by atoms with Crippen LogP contribution >= 0.6 is 39.1 Å². The number of hydrogen-bond acceptors (Lipinski definition) is 2. The topological polar surface area (TPSA) is 37.4 Å². The van der Waals surface area contributed by atoms with Crippen LogP contribution in [0.3, 0.4) is 0 Å². The largest absolute Gasteiger partial charge is 0.244 e. The third kappa shape index (κ3) is 3.60. The van der Waals surface area contributed by atoms with Crippen molar-refractivity contribution in [3.05, 3.63) is 62.5 Å². The van der Waals surface area contributed by atoms with Gasteiger partial charge in [0.15, 0.2) is 0 Å². The Hall–Kier alpha value is -0.590. The molecule has 0 atom stereocenters. The Morgan fingerprint density at radius 3 is 2.43 bits per heavy atom. The minimum atomic E-state index is -3.61. The van der Waals surface area contributed by atoms with Crippen LogP contribution in [0.25, 0.3) is 0 Å². The molecule has 0 bridgehead atoms. The van der Waals surface area contributed by atoms with Crippen LogP contribution in [-0.2, 0) is 16.6 Å². The third-order valence-corrected chi connectivity index (χ3v) is 6.62. The van der Waals surface area contributed by atoms with Crippen LogP contribution in [0.2, 0.25) is 10.0 Å². The predicted octanol–water partition coefficient (Wildman–Crippen LogP) is 4.58. The van der Waals surface area contributed by atoms with Crippen LogP contribution in [0.4, 0.5) is 0 Å². The Balaban J connectivity index is 2.34. The zero-order valence-corrected chi connectivity index (χ0v) is 15.0. The van der Waals surface area contributed by atoms with Gasteiger partial charge in [0.25, 0.3) is 0 Å². The molecule has 7 heteroatoms. The highest BCUT2D eigenvalue weighted by atomic mass is 79.9. The lowest BCUT2D eigenvalue weighted by Gasteiger charge is -2.19. The van der Waals surface area contributed by atoms with E-state index in [1.165, 1.54) is 11.4 Å². The Morgan fingerprint density at radius 2 is 1.76 bits per heavy atom. The van der Waals surface area contributed by atoms with Gasteiger partial charge in [0.05, 0.1) is 14.9 Å². The SMILES string of the molecule is CN(Cc1cccc(Cl)c1Cl)S(=O)(=O)c1ccccc1Br. The fourth-order valence-electron chi connectivity index (χ4n) is 1.82. The zero-order chi connectivity index (χ0) is 15.6. The molecule has 0 heterocycles. The molecule has 3 nitrogen and oxygen atoms in total. The lowest BCUT2D eigenvalue weighted by atomic mass is 10.2. The van der Waals surface area contributed by atoms with E-state index in [2.05, 4.69) is 15.9 Å². The van der Waals surface area contributed by atoms with Crippen LogP contribution < -0.4 is 0 Å². The van der Waals surface area contributed by atoms with Crippen molar-refractivity contribution in [2.45, 2.75) is 11.4 Å². The summed E-state index contributed by atoms with van der Waals surface area (Å²) in [4.78, 5) is 0.214. The normalized spacial score (nSPS) is 11.9. The molecule has 2 aromatic rings. The van der Waals surface area contributed by atoms with E-state index >= 15 is 0 Å². The maximum atomic E-state index is 12.6. The molecule has 0 fully saturated rings. The van der Waals surface area contributed by atoms with Crippen LogP contribution in [0.15, 0.2) is 51.8 Å². The lowest BCUT2D eigenvalue weighted by Crippen LogP contribution is -2.27. The van der Waals surface area contributed by atoms with Crippen LogP contribution in [0.5, 0.6) is 0 Å². The number of nitrogens with zero attached hydrogens (tertiary/aromatic N) is 1. The average molecular weight is 409 g/mol. The van der Waals surface area contributed by atoms with Crippen molar-refractivity contribution in [3.8, 4) is 0 Å². The van der Waals surface area contributed by atoms with Crippen molar-refractivity contribution in [2.75, 3.05) is 7.05 Å². The second-order valence-corrected chi connectivity index (χ2v) is 8.06. The van der Waals surface area contributed by atoms with Crippen molar-refractivity contribution in [1.82, 2.24) is 4.31 Å².